The van der Waals surface area contributed by atoms with E-state index in [2.05, 4.69) is 276 Å². The fraction of sp³-hybridized carbons (Fsp3) is 0.0164. The molecule has 0 radical (unpaired) electrons. The molecule has 1 heterocycles. The largest absolute Gasteiger partial charge is 0.311 e. The molecule has 298 valence electrons. The molecule has 2 nitrogen and oxygen atoms in total. The number of anilines is 3. The zero-order valence-corrected chi connectivity index (χ0v) is 34.8. The van der Waals surface area contributed by atoms with Crippen LogP contribution in [-0.2, 0) is 5.41 Å². The van der Waals surface area contributed by atoms with Crippen molar-refractivity contribution in [2.45, 2.75) is 5.41 Å². The first-order valence-electron chi connectivity index (χ1n) is 21.7. The topological polar surface area (TPSA) is 8.17 Å². The Balaban J connectivity index is 1.02. The average molecular weight is 805 g/mol. The van der Waals surface area contributed by atoms with Crippen molar-refractivity contribution < 1.29 is 0 Å². The Hall–Kier alpha value is -8.20. The molecule has 0 bridgehead atoms. The summed E-state index contributed by atoms with van der Waals surface area (Å²) in [5.74, 6) is 0. The third-order valence-corrected chi connectivity index (χ3v) is 12.6. The van der Waals surface area contributed by atoms with E-state index in [-0.39, 0.29) is 0 Å². The number of rotatable bonds is 10. The highest BCUT2D eigenvalue weighted by Gasteiger charge is 2.38. The number of nitrogens with zero attached hydrogens (tertiary/aromatic N) is 2. The van der Waals surface area contributed by atoms with Crippen molar-refractivity contribution in [3.05, 3.63) is 289 Å². The van der Waals surface area contributed by atoms with Crippen LogP contribution in [0.1, 0.15) is 22.3 Å². The fourth-order valence-corrected chi connectivity index (χ4v) is 9.62. The van der Waals surface area contributed by atoms with Gasteiger partial charge < -0.3 is 9.47 Å². The molecule has 0 aliphatic carbocycles. The molecule has 0 fully saturated rings. The Morgan fingerprint density at radius 1 is 0.270 bits per heavy atom. The summed E-state index contributed by atoms with van der Waals surface area (Å²) in [6.07, 6.45) is 0. The van der Waals surface area contributed by atoms with Gasteiger partial charge in [0, 0.05) is 33.5 Å². The first kappa shape index (κ1) is 37.8. The maximum absolute atomic E-state index is 2.37. The molecule has 0 saturated carbocycles. The minimum absolute atomic E-state index is 0.527. The number of benzene rings is 10. The van der Waals surface area contributed by atoms with Crippen LogP contribution in [0.4, 0.5) is 17.1 Å². The number of fused-ring (bicyclic) bond motifs is 3. The summed E-state index contributed by atoms with van der Waals surface area (Å²) < 4.78 is 2.37. The van der Waals surface area contributed by atoms with Gasteiger partial charge in [-0.05, 0) is 111 Å². The van der Waals surface area contributed by atoms with Crippen molar-refractivity contribution in [1.29, 1.82) is 0 Å². The summed E-state index contributed by atoms with van der Waals surface area (Å²) in [4.78, 5) is 2.37. The zero-order chi connectivity index (χ0) is 42.0. The van der Waals surface area contributed by atoms with Crippen molar-refractivity contribution in [3.8, 4) is 27.9 Å². The summed E-state index contributed by atoms with van der Waals surface area (Å²) in [6.45, 7) is 0. The maximum Gasteiger partial charge on any atom is 0.0701 e. The summed E-state index contributed by atoms with van der Waals surface area (Å²) >= 11 is 0. The molecule has 0 unspecified atom stereocenters. The molecule has 0 aliphatic heterocycles. The Bertz CT molecular complexity index is 3170. The first-order valence-corrected chi connectivity index (χ1v) is 21.7. The van der Waals surface area contributed by atoms with Gasteiger partial charge in [-0.3, -0.25) is 0 Å². The molecule has 10 aromatic carbocycles. The van der Waals surface area contributed by atoms with E-state index < -0.39 is 5.41 Å². The predicted molar refractivity (Wildman–Crippen MR) is 265 cm³/mol. The minimum Gasteiger partial charge on any atom is -0.311 e. The van der Waals surface area contributed by atoms with Crippen molar-refractivity contribution in [1.82, 2.24) is 4.57 Å². The van der Waals surface area contributed by atoms with Gasteiger partial charge in [0.05, 0.1) is 16.4 Å². The zero-order valence-electron chi connectivity index (χ0n) is 34.8. The fourth-order valence-electron chi connectivity index (χ4n) is 9.62. The highest BCUT2D eigenvalue weighted by molar-refractivity contribution is 6.10. The SMILES string of the molecule is c1ccc(-c2ccc(N(c3ccc(-c4ccc5c(c4)c4ccccc4n5-c4ccccc4)cc3)c3ccc(C(c4ccccc4)(c4ccccc4)c4ccccc4)cc3)cc2)cc1. The normalized spacial score (nSPS) is 11.5. The van der Waals surface area contributed by atoms with Gasteiger partial charge in [0.15, 0.2) is 0 Å². The van der Waals surface area contributed by atoms with Gasteiger partial charge >= 0.3 is 0 Å². The number of hydrogen-bond acceptors (Lipinski definition) is 1. The Kier molecular flexibility index (Phi) is 9.80. The van der Waals surface area contributed by atoms with E-state index in [9.17, 15) is 0 Å². The first-order chi connectivity index (χ1) is 31.3. The Labute approximate surface area is 369 Å². The molecule has 11 rings (SSSR count). The molecule has 2 heteroatoms. The Morgan fingerprint density at radius 2 is 0.635 bits per heavy atom. The minimum atomic E-state index is -0.527. The quantitative estimate of drug-likeness (QED) is 0.125. The van der Waals surface area contributed by atoms with Crippen LogP contribution in [0.5, 0.6) is 0 Å². The molecular formula is C61H44N2. The molecule has 1 aromatic heterocycles. The van der Waals surface area contributed by atoms with Gasteiger partial charge in [-0.25, -0.2) is 0 Å². The standard InChI is InChI=1S/C61H44N2/c1-6-18-45(19-7-1)46-30-37-54(38-31-46)62(56-41-35-52(36-42-56)61(49-20-8-2-9-21-49,50-22-10-3-11-23-50)51-24-12-4-13-25-51)55-39-32-47(33-40-55)48-34-43-60-58(44-48)57-28-16-17-29-59(57)63(60)53-26-14-5-15-27-53/h1-44H. The van der Waals surface area contributed by atoms with Gasteiger partial charge in [0.1, 0.15) is 0 Å². The van der Waals surface area contributed by atoms with Crippen LogP contribution in [0, 0.1) is 0 Å². The van der Waals surface area contributed by atoms with Crippen molar-refractivity contribution in [3.63, 3.8) is 0 Å². The van der Waals surface area contributed by atoms with Crippen LogP contribution in [0.3, 0.4) is 0 Å². The lowest BCUT2D eigenvalue weighted by molar-refractivity contribution is 0.745. The average Bonchev–Trinajstić information content (AvgIpc) is 3.70. The van der Waals surface area contributed by atoms with Gasteiger partial charge in [0.2, 0.25) is 0 Å². The number of hydrogen-bond donors (Lipinski definition) is 0. The van der Waals surface area contributed by atoms with E-state index in [1.165, 1.54) is 66.3 Å². The lowest BCUT2D eigenvalue weighted by Gasteiger charge is -2.37. The van der Waals surface area contributed by atoms with E-state index in [1.807, 2.05) is 0 Å². The van der Waals surface area contributed by atoms with Crippen LogP contribution in [-0.4, -0.2) is 4.57 Å². The molecular weight excluding hydrogens is 761 g/mol. The molecule has 0 saturated heterocycles. The molecule has 0 atom stereocenters. The van der Waals surface area contributed by atoms with Gasteiger partial charge in [0.25, 0.3) is 0 Å². The second-order valence-electron chi connectivity index (χ2n) is 16.1. The van der Waals surface area contributed by atoms with Crippen LogP contribution >= 0.6 is 0 Å². The number of para-hydroxylation sites is 2. The van der Waals surface area contributed by atoms with E-state index >= 15 is 0 Å². The molecule has 0 amide bonds. The van der Waals surface area contributed by atoms with Gasteiger partial charge in [-0.1, -0.05) is 200 Å². The highest BCUT2D eigenvalue weighted by Crippen LogP contribution is 2.46. The predicted octanol–water partition coefficient (Wildman–Crippen LogP) is 16.0. The van der Waals surface area contributed by atoms with E-state index in [0.717, 1.165) is 22.7 Å². The van der Waals surface area contributed by atoms with Crippen molar-refractivity contribution in [2.24, 2.45) is 0 Å². The van der Waals surface area contributed by atoms with E-state index in [0.29, 0.717) is 0 Å². The lowest BCUT2D eigenvalue weighted by atomic mass is 9.65. The van der Waals surface area contributed by atoms with Crippen molar-refractivity contribution >= 4 is 38.9 Å². The summed E-state index contributed by atoms with van der Waals surface area (Å²) in [5.41, 5.74) is 15.9. The van der Waals surface area contributed by atoms with Crippen LogP contribution in [0.15, 0.2) is 267 Å². The van der Waals surface area contributed by atoms with Crippen LogP contribution < -0.4 is 4.90 Å². The van der Waals surface area contributed by atoms with E-state index in [4.69, 9.17) is 0 Å². The number of aromatic nitrogens is 1. The van der Waals surface area contributed by atoms with E-state index in [1.54, 1.807) is 0 Å². The smallest absolute Gasteiger partial charge is 0.0701 e. The Morgan fingerprint density at radius 3 is 1.16 bits per heavy atom. The molecule has 63 heavy (non-hydrogen) atoms. The monoisotopic (exact) mass is 804 g/mol. The molecule has 11 aromatic rings. The molecule has 0 N–H and O–H groups in total. The lowest BCUT2D eigenvalue weighted by Crippen LogP contribution is -2.31. The van der Waals surface area contributed by atoms with Gasteiger partial charge in [-0.15, -0.1) is 0 Å². The third kappa shape index (κ3) is 6.79. The molecule has 0 aliphatic rings. The second kappa shape index (κ2) is 16.3. The van der Waals surface area contributed by atoms with Crippen LogP contribution in [0.2, 0.25) is 0 Å². The summed E-state index contributed by atoms with van der Waals surface area (Å²) in [5, 5.41) is 2.49. The molecule has 0 spiro atoms. The third-order valence-electron chi connectivity index (χ3n) is 12.6. The maximum atomic E-state index is 2.37. The van der Waals surface area contributed by atoms with Crippen molar-refractivity contribution in [2.75, 3.05) is 4.90 Å². The van der Waals surface area contributed by atoms with Gasteiger partial charge in [-0.2, -0.15) is 0 Å². The summed E-state index contributed by atoms with van der Waals surface area (Å²) in [6, 6.07) is 96.8. The van der Waals surface area contributed by atoms with Crippen LogP contribution in [0.25, 0.3) is 49.7 Å². The summed E-state index contributed by atoms with van der Waals surface area (Å²) in [7, 11) is 0. The highest BCUT2D eigenvalue weighted by atomic mass is 15.1. The second-order valence-corrected chi connectivity index (χ2v) is 16.1.